The van der Waals surface area contributed by atoms with Gasteiger partial charge in [-0.05, 0) is 18.6 Å². The number of aryl methyl sites for hydroxylation is 1. The first-order valence-corrected chi connectivity index (χ1v) is 4.16. The number of aromatic hydroxyl groups is 1. The number of nitrogens with zero attached hydrogens (tertiary/aromatic N) is 2. The minimum absolute atomic E-state index is 0.00429. The molecule has 0 aliphatic heterocycles. The molecule has 0 atom stereocenters. The van der Waals surface area contributed by atoms with Gasteiger partial charge >= 0.3 is 0 Å². The largest absolute Gasteiger partial charge is 0.504 e. The molecule has 1 aromatic heterocycles. The highest BCUT2D eigenvalue weighted by molar-refractivity contribution is 6.33. The summed E-state index contributed by atoms with van der Waals surface area (Å²) in [5.74, 6) is -0.00429. The van der Waals surface area contributed by atoms with Crippen LogP contribution in [0, 0.1) is 6.92 Å². The molecule has 4 heteroatoms. The molecule has 0 aliphatic rings. The fraction of sp³-hybridized carbons (Fsp3) is 0.111. The van der Waals surface area contributed by atoms with Crippen LogP contribution in [-0.2, 0) is 0 Å². The van der Waals surface area contributed by atoms with E-state index in [9.17, 15) is 5.11 Å². The number of fused-ring (bicyclic) bond motifs is 1. The number of aromatic nitrogens is 2. The summed E-state index contributed by atoms with van der Waals surface area (Å²) in [4.78, 5) is 8.11. The highest BCUT2D eigenvalue weighted by Gasteiger charge is 2.08. The summed E-state index contributed by atoms with van der Waals surface area (Å²) in [6.45, 7) is 1.88. The summed E-state index contributed by atoms with van der Waals surface area (Å²) < 4.78 is 0. The lowest BCUT2D eigenvalue weighted by Crippen LogP contribution is -1.87. The third-order valence-electron chi connectivity index (χ3n) is 1.87. The van der Waals surface area contributed by atoms with E-state index in [2.05, 4.69) is 9.97 Å². The Hall–Kier alpha value is -1.35. The molecule has 0 amide bonds. The summed E-state index contributed by atoms with van der Waals surface area (Å²) in [6.07, 6.45) is 3.11. The minimum atomic E-state index is -0.00429. The lowest BCUT2D eigenvalue weighted by atomic mass is 10.2. The van der Waals surface area contributed by atoms with E-state index in [-0.39, 0.29) is 5.75 Å². The molecule has 0 bridgehead atoms. The first kappa shape index (κ1) is 8.26. The van der Waals surface area contributed by atoms with Crippen LogP contribution in [0.5, 0.6) is 5.75 Å². The third kappa shape index (κ3) is 1.21. The van der Waals surface area contributed by atoms with Crippen molar-refractivity contribution in [3.8, 4) is 5.75 Å². The lowest BCUT2D eigenvalue weighted by molar-refractivity contribution is 0.480. The lowest BCUT2D eigenvalue weighted by Gasteiger charge is -2.03. The van der Waals surface area contributed by atoms with Crippen LogP contribution in [0.15, 0.2) is 18.5 Å². The van der Waals surface area contributed by atoms with Crippen LogP contribution in [0.2, 0.25) is 5.02 Å². The standard InChI is InChI=1S/C9H7ClN2O/c1-5-4-6(10)9(13)8-7(5)11-2-3-12-8/h2-4,13H,1H3. The summed E-state index contributed by atoms with van der Waals surface area (Å²) >= 11 is 5.78. The number of halogens is 1. The van der Waals surface area contributed by atoms with Crippen LogP contribution in [-0.4, -0.2) is 15.1 Å². The monoisotopic (exact) mass is 194 g/mol. The molecule has 0 radical (unpaired) electrons. The van der Waals surface area contributed by atoms with Crippen molar-refractivity contribution >= 4 is 22.6 Å². The molecule has 0 saturated carbocycles. The van der Waals surface area contributed by atoms with E-state index in [0.717, 1.165) is 5.56 Å². The van der Waals surface area contributed by atoms with Gasteiger partial charge in [-0.2, -0.15) is 0 Å². The maximum atomic E-state index is 9.55. The van der Waals surface area contributed by atoms with Gasteiger partial charge in [0.2, 0.25) is 0 Å². The Morgan fingerprint density at radius 1 is 1.23 bits per heavy atom. The SMILES string of the molecule is Cc1cc(Cl)c(O)c2nccnc12. The van der Waals surface area contributed by atoms with Crippen molar-refractivity contribution in [2.75, 3.05) is 0 Å². The van der Waals surface area contributed by atoms with Gasteiger partial charge in [-0.1, -0.05) is 11.6 Å². The average Bonchev–Trinajstić information content (AvgIpc) is 2.15. The Morgan fingerprint density at radius 2 is 1.85 bits per heavy atom. The van der Waals surface area contributed by atoms with Gasteiger partial charge in [-0.3, -0.25) is 4.98 Å². The molecular weight excluding hydrogens is 188 g/mol. The number of hydrogen-bond donors (Lipinski definition) is 1. The van der Waals surface area contributed by atoms with Gasteiger partial charge in [0.1, 0.15) is 5.52 Å². The number of benzene rings is 1. The Bertz CT molecular complexity index is 470. The molecule has 0 unspecified atom stereocenters. The van der Waals surface area contributed by atoms with Crippen molar-refractivity contribution in [1.82, 2.24) is 9.97 Å². The van der Waals surface area contributed by atoms with Crippen molar-refractivity contribution in [2.45, 2.75) is 6.92 Å². The second-order valence-electron chi connectivity index (χ2n) is 2.78. The molecule has 3 nitrogen and oxygen atoms in total. The average molecular weight is 195 g/mol. The zero-order valence-electron chi connectivity index (χ0n) is 6.95. The predicted molar refractivity (Wildman–Crippen MR) is 50.9 cm³/mol. The fourth-order valence-electron chi connectivity index (χ4n) is 1.24. The van der Waals surface area contributed by atoms with Crippen LogP contribution in [0.3, 0.4) is 0 Å². The Labute approximate surface area is 80.0 Å². The molecule has 0 fully saturated rings. The normalized spacial score (nSPS) is 10.6. The summed E-state index contributed by atoms with van der Waals surface area (Å²) in [6, 6.07) is 1.67. The zero-order valence-corrected chi connectivity index (χ0v) is 7.71. The zero-order chi connectivity index (χ0) is 9.42. The Balaban J connectivity index is 2.97. The number of rotatable bonds is 0. The predicted octanol–water partition coefficient (Wildman–Crippen LogP) is 2.30. The number of phenols is 1. The smallest absolute Gasteiger partial charge is 0.162 e. The van der Waals surface area contributed by atoms with Crippen molar-refractivity contribution in [3.63, 3.8) is 0 Å². The molecule has 0 spiro atoms. The Kier molecular flexibility index (Phi) is 1.81. The molecule has 0 aliphatic carbocycles. The molecule has 1 aromatic carbocycles. The Morgan fingerprint density at radius 3 is 2.54 bits per heavy atom. The third-order valence-corrected chi connectivity index (χ3v) is 2.15. The van der Waals surface area contributed by atoms with E-state index in [1.54, 1.807) is 12.3 Å². The highest BCUT2D eigenvalue weighted by atomic mass is 35.5. The van der Waals surface area contributed by atoms with Gasteiger partial charge in [0.25, 0.3) is 0 Å². The van der Waals surface area contributed by atoms with Gasteiger partial charge in [0, 0.05) is 12.4 Å². The first-order valence-electron chi connectivity index (χ1n) is 3.79. The van der Waals surface area contributed by atoms with Crippen molar-refractivity contribution in [2.24, 2.45) is 0 Å². The van der Waals surface area contributed by atoms with Crippen molar-refractivity contribution in [3.05, 3.63) is 29.0 Å². The van der Waals surface area contributed by atoms with Crippen LogP contribution in [0.4, 0.5) is 0 Å². The van der Waals surface area contributed by atoms with Crippen molar-refractivity contribution < 1.29 is 5.11 Å². The van der Waals surface area contributed by atoms with Gasteiger partial charge in [0.15, 0.2) is 5.75 Å². The van der Waals surface area contributed by atoms with E-state index >= 15 is 0 Å². The number of phenolic OH excluding ortho intramolecular Hbond substituents is 1. The van der Waals surface area contributed by atoms with Gasteiger partial charge < -0.3 is 5.11 Å². The summed E-state index contributed by atoms with van der Waals surface area (Å²) in [5.41, 5.74) is 2.04. The van der Waals surface area contributed by atoms with Gasteiger partial charge in [-0.15, -0.1) is 0 Å². The summed E-state index contributed by atoms with van der Waals surface area (Å²) in [7, 11) is 0. The minimum Gasteiger partial charge on any atom is -0.504 e. The second-order valence-corrected chi connectivity index (χ2v) is 3.18. The van der Waals surface area contributed by atoms with Gasteiger partial charge in [0.05, 0.1) is 10.5 Å². The fourth-order valence-corrected chi connectivity index (χ4v) is 1.49. The van der Waals surface area contributed by atoms with Crippen LogP contribution in [0.1, 0.15) is 5.56 Å². The van der Waals surface area contributed by atoms with E-state index in [4.69, 9.17) is 11.6 Å². The van der Waals surface area contributed by atoms with Crippen molar-refractivity contribution in [1.29, 1.82) is 0 Å². The van der Waals surface area contributed by atoms with E-state index in [0.29, 0.717) is 16.1 Å². The maximum Gasteiger partial charge on any atom is 0.162 e. The van der Waals surface area contributed by atoms with Gasteiger partial charge in [-0.25, -0.2) is 4.98 Å². The van der Waals surface area contributed by atoms with E-state index in [1.807, 2.05) is 6.92 Å². The molecule has 13 heavy (non-hydrogen) atoms. The second kappa shape index (κ2) is 2.85. The highest BCUT2D eigenvalue weighted by Crippen LogP contribution is 2.31. The van der Waals surface area contributed by atoms with Crippen LogP contribution >= 0.6 is 11.6 Å². The van der Waals surface area contributed by atoms with Crippen LogP contribution in [0.25, 0.3) is 11.0 Å². The first-order chi connectivity index (χ1) is 6.20. The van der Waals surface area contributed by atoms with E-state index in [1.165, 1.54) is 6.20 Å². The molecular formula is C9H7ClN2O. The van der Waals surface area contributed by atoms with E-state index < -0.39 is 0 Å². The molecule has 2 aromatic rings. The molecule has 1 N–H and O–H groups in total. The molecule has 2 rings (SSSR count). The summed E-state index contributed by atoms with van der Waals surface area (Å²) in [5, 5.41) is 9.86. The topological polar surface area (TPSA) is 46.0 Å². The quantitative estimate of drug-likeness (QED) is 0.700. The molecule has 1 heterocycles. The molecule has 0 saturated heterocycles. The maximum absolute atomic E-state index is 9.55. The molecule has 66 valence electrons. The van der Waals surface area contributed by atoms with Crippen LogP contribution < -0.4 is 0 Å². The number of hydrogen-bond acceptors (Lipinski definition) is 3.